The van der Waals surface area contributed by atoms with Gasteiger partial charge in [-0.2, -0.15) is 10.1 Å². The maximum atomic E-state index is 11.8. The van der Waals surface area contributed by atoms with Gasteiger partial charge in [0, 0.05) is 17.1 Å². The fourth-order valence-corrected chi connectivity index (χ4v) is 2.22. The number of hydrazone groups is 1. The van der Waals surface area contributed by atoms with Crippen LogP contribution in [0.2, 0.25) is 0 Å². The van der Waals surface area contributed by atoms with E-state index >= 15 is 0 Å². The van der Waals surface area contributed by atoms with Crippen molar-refractivity contribution in [1.29, 1.82) is 0 Å². The number of anilines is 1. The smallest absolute Gasteiger partial charge is 0.277 e. The van der Waals surface area contributed by atoms with Crippen molar-refractivity contribution in [3.63, 3.8) is 0 Å². The molecule has 0 radical (unpaired) electrons. The van der Waals surface area contributed by atoms with E-state index in [4.69, 9.17) is 0 Å². The molecule has 5 amide bonds. The first-order valence-corrected chi connectivity index (χ1v) is 7.51. The van der Waals surface area contributed by atoms with Gasteiger partial charge in [-0.25, -0.2) is 4.79 Å². The van der Waals surface area contributed by atoms with E-state index in [9.17, 15) is 39.4 Å². The molecule has 2 N–H and O–H groups in total. The molecule has 2 aliphatic heterocycles. The number of hydrogen-bond donors (Lipinski definition) is 2. The summed E-state index contributed by atoms with van der Waals surface area (Å²) in [5, 5.41) is 29.7. The number of non-ortho nitro benzene ring substituents is 1. The Hall–Kier alpha value is -4.23. The van der Waals surface area contributed by atoms with Crippen LogP contribution in [0.25, 0.3) is 0 Å². The fourth-order valence-electron chi connectivity index (χ4n) is 2.22. The van der Waals surface area contributed by atoms with Gasteiger partial charge in [-0.1, -0.05) is 0 Å². The topological polar surface area (TPSA) is 194 Å². The van der Waals surface area contributed by atoms with Crippen molar-refractivity contribution in [1.82, 2.24) is 10.6 Å². The van der Waals surface area contributed by atoms with Gasteiger partial charge in [0.1, 0.15) is 12.1 Å². The lowest BCUT2D eigenvalue weighted by molar-refractivity contribution is -0.488. The zero-order valence-corrected chi connectivity index (χ0v) is 14.1. The summed E-state index contributed by atoms with van der Waals surface area (Å²) < 4.78 is 0. The molecule has 1 unspecified atom stereocenters. The molecular weight excluding hydrogens is 380 g/mol. The number of carbonyl (C=O) groups excluding carboxylic acids is 4. The maximum Gasteiger partial charge on any atom is 0.331 e. The van der Waals surface area contributed by atoms with Gasteiger partial charge in [0.25, 0.3) is 5.69 Å². The molecule has 0 bridgehead atoms. The van der Waals surface area contributed by atoms with Gasteiger partial charge in [-0.05, 0) is 19.1 Å². The van der Waals surface area contributed by atoms with Crippen molar-refractivity contribution in [2.75, 3.05) is 5.01 Å². The Morgan fingerprint density at radius 1 is 1.04 bits per heavy atom. The standard InChI is InChI=1S/C10H8N4O5.C4H4N2O3/c1-6-9(14(18)19)10(15)12(11-6)7-2-4-8(5-3-7)13(16)17;7-2-1-3(8)6-4(9)5-2/h2-5,9H,1H3;1H2,(H2,5,6,7,8,9). The minimum Gasteiger partial charge on any atom is -0.277 e. The summed E-state index contributed by atoms with van der Waals surface area (Å²) in [6.45, 7) is 1.39. The lowest BCUT2D eigenvalue weighted by atomic mass is 10.2. The first-order valence-electron chi connectivity index (χ1n) is 7.51. The lowest BCUT2D eigenvalue weighted by Gasteiger charge is -2.10. The van der Waals surface area contributed by atoms with E-state index in [0.29, 0.717) is 0 Å². The van der Waals surface area contributed by atoms with Gasteiger partial charge in [-0.3, -0.25) is 45.2 Å². The number of nitrogens with zero attached hydrogens (tertiary/aromatic N) is 4. The minimum atomic E-state index is -1.49. The molecule has 1 saturated heterocycles. The van der Waals surface area contributed by atoms with Gasteiger partial charge < -0.3 is 0 Å². The van der Waals surface area contributed by atoms with Crippen LogP contribution in [0.3, 0.4) is 0 Å². The minimum absolute atomic E-state index is 0.0772. The van der Waals surface area contributed by atoms with Crippen LogP contribution in [-0.4, -0.2) is 45.4 Å². The van der Waals surface area contributed by atoms with E-state index in [1.165, 1.54) is 31.2 Å². The Bertz CT molecular complexity index is 864. The van der Waals surface area contributed by atoms with Crippen LogP contribution < -0.4 is 15.6 Å². The maximum absolute atomic E-state index is 11.8. The molecule has 0 spiro atoms. The van der Waals surface area contributed by atoms with Crippen molar-refractivity contribution in [3.05, 3.63) is 44.5 Å². The Labute approximate surface area is 155 Å². The first-order chi connectivity index (χ1) is 13.1. The number of urea groups is 1. The van der Waals surface area contributed by atoms with E-state index in [2.05, 4.69) is 5.10 Å². The highest BCUT2D eigenvalue weighted by Crippen LogP contribution is 2.24. The number of imide groups is 2. The Balaban J connectivity index is 0.000000261. The average molecular weight is 392 g/mol. The number of nitrogens with one attached hydrogen (secondary N) is 2. The molecule has 14 heteroatoms. The second-order valence-electron chi connectivity index (χ2n) is 5.46. The van der Waals surface area contributed by atoms with Crippen LogP contribution in [0.1, 0.15) is 13.3 Å². The number of nitro benzene ring substituents is 1. The normalized spacial score (nSPS) is 18.5. The molecule has 14 nitrogen and oxygen atoms in total. The van der Waals surface area contributed by atoms with E-state index < -0.39 is 39.6 Å². The summed E-state index contributed by atoms with van der Waals surface area (Å²) in [5.74, 6) is -1.89. The zero-order valence-electron chi connectivity index (χ0n) is 14.1. The molecule has 1 atom stereocenters. The third-order valence-corrected chi connectivity index (χ3v) is 3.44. The summed E-state index contributed by atoms with van der Waals surface area (Å²) in [6, 6.07) is 2.80. The molecule has 146 valence electrons. The molecule has 2 heterocycles. The average Bonchev–Trinajstić information content (AvgIpc) is 2.88. The van der Waals surface area contributed by atoms with Gasteiger partial charge in [0.15, 0.2) is 0 Å². The number of hydrogen-bond acceptors (Lipinski definition) is 9. The Morgan fingerprint density at radius 3 is 1.96 bits per heavy atom. The van der Waals surface area contributed by atoms with E-state index in [0.717, 1.165) is 5.01 Å². The molecule has 0 aromatic heterocycles. The van der Waals surface area contributed by atoms with Gasteiger partial charge in [-0.15, -0.1) is 0 Å². The highest BCUT2D eigenvalue weighted by molar-refractivity contribution is 6.17. The summed E-state index contributed by atoms with van der Waals surface area (Å²) in [6.07, 6.45) is -0.258. The Morgan fingerprint density at radius 2 is 1.57 bits per heavy atom. The zero-order chi connectivity index (χ0) is 21.0. The lowest BCUT2D eigenvalue weighted by Crippen LogP contribution is -2.49. The van der Waals surface area contributed by atoms with E-state index in [1.54, 1.807) is 0 Å². The summed E-state index contributed by atoms with van der Waals surface area (Å²) in [7, 11) is 0. The van der Waals surface area contributed by atoms with Crippen molar-refractivity contribution >= 4 is 40.8 Å². The Kier molecular flexibility index (Phi) is 5.73. The van der Waals surface area contributed by atoms with E-state index in [-0.39, 0.29) is 23.5 Å². The second kappa shape index (κ2) is 7.98. The van der Waals surface area contributed by atoms with Gasteiger partial charge in [0.2, 0.25) is 11.8 Å². The molecule has 0 saturated carbocycles. The monoisotopic (exact) mass is 392 g/mol. The van der Waals surface area contributed by atoms with Gasteiger partial charge in [0.05, 0.1) is 10.6 Å². The number of rotatable bonds is 3. The second-order valence-corrected chi connectivity index (χ2v) is 5.46. The molecular formula is C14H12N6O8. The van der Waals surface area contributed by atoms with Crippen molar-refractivity contribution < 1.29 is 29.0 Å². The fraction of sp³-hybridized carbons (Fsp3) is 0.214. The predicted octanol–water partition coefficient (Wildman–Crippen LogP) is -0.295. The summed E-state index contributed by atoms with van der Waals surface area (Å²) in [5.41, 5.74) is 0.189. The molecule has 1 fully saturated rings. The summed E-state index contributed by atoms with van der Waals surface area (Å²) >= 11 is 0. The molecule has 1 aromatic rings. The highest BCUT2D eigenvalue weighted by atomic mass is 16.6. The number of carbonyl (C=O) groups is 4. The molecule has 0 aliphatic carbocycles. The number of barbiturate groups is 1. The van der Waals surface area contributed by atoms with Gasteiger partial charge >= 0.3 is 18.0 Å². The molecule has 1 aromatic carbocycles. The summed E-state index contributed by atoms with van der Waals surface area (Å²) in [4.78, 5) is 62.5. The SMILES string of the molecule is CC1=NN(c2ccc([N+](=O)[O-])cc2)C(=O)C1[N+](=O)[O-].O=C1CC(=O)NC(=O)N1. The van der Waals surface area contributed by atoms with Crippen LogP contribution in [0, 0.1) is 20.2 Å². The van der Waals surface area contributed by atoms with Crippen molar-refractivity contribution in [2.24, 2.45) is 5.10 Å². The van der Waals surface area contributed by atoms with Crippen LogP contribution >= 0.6 is 0 Å². The van der Waals surface area contributed by atoms with Crippen molar-refractivity contribution in [3.8, 4) is 0 Å². The van der Waals surface area contributed by atoms with Crippen LogP contribution in [0.4, 0.5) is 16.2 Å². The third-order valence-electron chi connectivity index (χ3n) is 3.44. The molecule has 3 rings (SSSR count). The van der Waals surface area contributed by atoms with Crippen LogP contribution in [0.5, 0.6) is 0 Å². The predicted molar refractivity (Wildman–Crippen MR) is 90.8 cm³/mol. The van der Waals surface area contributed by atoms with Crippen molar-refractivity contribution in [2.45, 2.75) is 19.4 Å². The molecule has 2 aliphatic rings. The van der Waals surface area contributed by atoms with Crippen LogP contribution in [-0.2, 0) is 14.4 Å². The number of amides is 5. The largest absolute Gasteiger partial charge is 0.331 e. The highest BCUT2D eigenvalue weighted by Gasteiger charge is 2.43. The first kappa shape index (κ1) is 20.1. The quantitative estimate of drug-likeness (QED) is 0.397. The third kappa shape index (κ3) is 4.48. The number of benzene rings is 1. The molecule has 28 heavy (non-hydrogen) atoms. The number of nitro groups is 2. The van der Waals surface area contributed by atoms with E-state index in [1.807, 2.05) is 10.6 Å². The van der Waals surface area contributed by atoms with Crippen LogP contribution in [0.15, 0.2) is 29.4 Å².